The van der Waals surface area contributed by atoms with Crippen LogP contribution in [-0.2, 0) is 0 Å². The predicted octanol–water partition coefficient (Wildman–Crippen LogP) is 2.41. The van der Waals surface area contributed by atoms with Crippen molar-refractivity contribution in [1.82, 2.24) is 10.3 Å². The number of amidine groups is 1. The van der Waals surface area contributed by atoms with E-state index in [1.165, 1.54) is 17.8 Å². The zero-order valence-electron chi connectivity index (χ0n) is 12.3. The van der Waals surface area contributed by atoms with Crippen LogP contribution in [0, 0.1) is 6.92 Å². The van der Waals surface area contributed by atoms with Crippen LogP contribution >= 0.6 is 11.3 Å². The first kappa shape index (κ1) is 15.8. The largest absolute Gasteiger partial charge is 0.409 e. The van der Waals surface area contributed by atoms with Crippen molar-refractivity contribution in [3.05, 3.63) is 16.1 Å². The Hall–Kier alpha value is -1.63. The van der Waals surface area contributed by atoms with Gasteiger partial charge in [0.05, 0.1) is 11.2 Å². The number of hydrogen-bond donors (Lipinski definition) is 3. The van der Waals surface area contributed by atoms with Crippen LogP contribution in [0.3, 0.4) is 0 Å². The van der Waals surface area contributed by atoms with Crippen LogP contribution in [0.1, 0.15) is 60.3 Å². The van der Waals surface area contributed by atoms with E-state index in [0.29, 0.717) is 23.4 Å². The molecule has 1 fully saturated rings. The maximum atomic E-state index is 12.5. The molecule has 1 aromatic heterocycles. The lowest BCUT2D eigenvalue weighted by molar-refractivity contribution is 0.0914. The number of nitrogens with zero attached hydrogens (tertiary/aromatic N) is 2. The molecule has 2 rings (SSSR count). The van der Waals surface area contributed by atoms with Crippen LogP contribution in [0.25, 0.3) is 0 Å². The molecule has 0 radical (unpaired) electrons. The molecule has 1 aromatic rings. The summed E-state index contributed by atoms with van der Waals surface area (Å²) in [6, 6.07) is 0. The van der Waals surface area contributed by atoms with Gasteiger partial charge in [-0.2, -0.15) is 0 Å². The summed E-state index contributed by atoms with van der Waals surface area (Å²) in [5, 5.41) is 15.3. The molecule has 7 heteroatoms. The Kier molecular flexibility index (Phi) is 5.17. The summed E-state index contributed by atoms with van der Waals surface area (Å²) in [5.74, 6) is -0.0953. The number of amides is 1. The number of hydrogen-bond acceptors (Lipinski definition) is 5. The van der Waals surface area contributed by atoms with Crippen molar-refractivity contribution in [2.24, 2.45) is 10.9 Å². The first-order chi connectivity index (χ1) is 10.1. The number of aromatic nitrogens is 1. The first-order valence-corrected chi connectivity index (χ1v) is 8.17. The summed E-state index contributed by atoms with van der Waals surface area (Å²) in [6.07, 6.45) is 6.73. The highest BCUT2D eigenvalue weighted by atomic mass is 32.1. The molecule has 0 aliphatic heterocycles. The number of aryl methyl sites for hydroxylation is 1. The lowest BCUT2D eigenvalue weighted by Crippen LogP contribution is -2.57. The third-order valence-corrected chi connectivity index (χ3v) is 5.04. The van der Waals surface area contributed by atoms with E-state index in [1.807, 2.05) is 0 Å². The highest BCUT2D eigenvalue weighted by Crippen LogP contribution is 2.27. The zero-order valence-corrected chi connectivity index (χ0v) is 13.1. The highest BCUT2D eigenvalue weighted by molar-refractivity contribution is 7.11. The van der Waals surface area contributed by atoms with E-state index in [2.05, 4.69) is 15.5 Å². The lowest BCUT2D eigenvalue weighted by Gasteiger charge is -2.35. The Morgan fingerprint density at radius 2 is 2.00 bits per heavy atom. The Balaban J connectivity index is 2.23. The fourth-order valence-corrected chi connectivity index (χ4v) is 3.54. The Labute approximate surface area is 128 Å². The molecule has 1 heterocycles. The molecule has 1 saturated carbocycles. The number of oxime groups is 1. The Morgan fingerprint density at radius 1 is 1.38 bits per heavy atom. The molecule has 6 nitrogen and oxygen atoms in total. The van der Waals surface area contributed by atoms with E-state index in [4.69, 9.17) is 10.9 Å². The molecule has 0 atom stereocenters. The molecule has 21 heavy (non-hydrogen) atoms. The molecule has 1 aliphatic rings. The highest BCUT2D eigenvalue weighted by Gasteiger charge is 2.37. The molecule has 1 aliphatic carbocycles. The first-order valence-electron chi connectivity index (χ1n) is 7.30. The third kappa shape index (κ3) is 3.53. The molecular formula is C14H22N4O2S. The van der Waals surface area contributed by atoms with Gasteiger partial charge in [0.25, 0.3) is 5.91 Å². The average Bonchev–Trinajstić information content (AvgIpc) is 2.87. The van der Waals surface area contributed by atoms with Crippen LogP contribution < -0.4 is 11.1 Å². The van der Waals surface area contributed by atoms with E-state index < -0.39 is 5.54 Å². The maximum Gasteiger partial charge on any atom is 0.264 e. The molecule has 4 N–H and O–H groups in total. The summed E-state index contributed by atoms with van der Waals surface area (Å²) in [7, 11) is 0. The molecule has 1 amide bonds. The lowest BCUT2D eigenvalue weighted by atomic mass is 9.82. The van der Waals surface area contributed by atoms with Crippen LogP contribution in [0.5, 0.6) is 0 Å². The Bertz CT molecular complexity index is 519. The molecule has 0 bridgehead atoms. The summed E-state index contributed by atoms with van der Waals surface area (Å²) in [6.45, 7) is 1.81. The van der Waals surface area contributed by atoms with Gasteiger partial charge < -0.3 is 16.3 Å². The van der Waals surface area contributed by atoms with Gasteiger partial charge >= 0.3 is 0 Å². The van der Waals surface area contributed by atoms with Crippen molar-refractivity contribution in [2.75, 3.05) is 0 Å². The number of thiazole rings is 1. The van der Waals surface area contributed by atoms with Gasteiger partial charge in [-0.1, -0.05) is 37.3 Å². The van der Waals surface area contributed by atoms with Crippen LogP contribution in [0.2, 0.25) is 0 Å². The standard InChI is InChI=1S/C14H22N4O2S/c1-10-11(21-9-16-10)12(19)17-14(13(15)18-20)7-5-3-2-4-6-8-14/h9,20H,2-8H2,1H3,(H2,15,18)(H,17,19). The molecular weight excluding hydrogens is 288 g/mol. The number of rotatable bonds is 3. The second-order valence-electron chi connectivity index (χ2n) is 5.56. The van der Waals surface area contributed by atoms with E-state index in [1.54, 1.807) is 12.4 Å². The summed E-state index contributed by atoms with van der Waals surface area (Å²) in [4.78, 5) is 17.2. The SMILES string of the molecule is Cc1ncsc1C(=O)NC1(/C(N)=N/O)CCCCCCC1. The smallest absolute Gasteiger partial charge is 0.264 e. The van der Waals surface area contributed by atoms with E-state index >= 15 is 0 Å². The van der Waals surface area contributed by atoms with E-state index in [9.17, 15) is 4.79 Å². The normalized spacial score (nSPS) is 19.6. The second-order valence-corrected chi connectivity index (χ2v) is 6.41. The molecule has 0 saturated heterocycles. The monoisotopic (exact) mass is 310 g/mol. The second kappa shape index (κ2) is 6.89. The quantitative estimate of drug-likeness (QED) is 0.345. The Morgan fingerprint density at radius 3 is 2.52 bits per heavy atom. The minimum absolute atomic E-state index is 0.0971. The van der Waals surface area contributed by atoms with Crippen molar-refractivity contribution in [2.45, 2.75) is 57.4 Å². The van der Waals surface area contributed by atoms with Crippen molar-refractivity contribution < 1.29 is 10.0 Å². The maximum absolute atomic E-state index is 12.5. The van der Waals surface area contributed by atoms with Crippen molar-refractivity contribution in [1.29, 1.82) is 0 Å². The molecule has 0 unspecified atom stereocenters. The summed E-state index contributed by atoms with van der Waals surface area (Å²) in [5.41, 5.74) is 7.53. The van der Waals surface area contributed by atoms with Gasteiger partial charge in [0.1, 0.15) is 10.4 Å². The van der Waals surface area contributed by atoms with Crippen LogP contribution in [0.4, 0.5) is 0 Å². The predicted molar refractivity (Wildman–Crippen MR) is 82.8 cm³/mol. The number of nitrogens with two attached hydrogens (primary N) is 1. The fourth-order valence-electron chi connectivity index (χ4n) is 2.84. The minimum Gasteiger partial charge on any atom is -0.409 e. The van der Waals surface area contributed by atoms with Crippen molar-refractivity contribution >= 4 is 23.1 Å². The summed E-state index contributed by atoms with van der Waals surface area (Å²) < 4.78 is 0. The van der Waals surface area contributed by atoms with E-state index in [-0.39, 0.29) is 11.7 Å². The third-order valence-electron chi connectivity index (χ3n) is 4.11. The van der Waals surface area contributed by atoms with Crippen LogP contribution in [-0.4, -0.2) is 27.5 Å². The molecule has 0 aromatic carbocycles. The minimum atomic E-state index is -0.747. The number of carbonyl (C=O) groups excluding carboxylic acids is 1. The average molecular weight is 310 g/mol. The van der Waals surface area contributed by atoms with Gasteiger partial charge in [0.15, 0.2) is 5.84 Å². The van der Waals surface area contributed by atoms with Crippen LogP contribution in [0.15, 0.2) is 10.7 Å². The van der Waals surface area contributed by atoms with Gasteiger partial charge in [-0.15, -0.1) is 11.3 Å². The van der Waals surface area contributed by atoms with Gasteiger partial charge in [-0.05, 0) is 19.8 Å². The van der Waals surface area contributed by atoms with Gasteiger partial charge in [-0.3, -0.25) is 4.79 Å². The summed E-state index contributed by atoms with van der Waals surface area (Å²) >= 11 is 1.31. The number of carbonyl (C=O) groups is 1. The van der Waals surface area contributed by atoms with Crippen molar-refractivity contribution in [3.63, 3.8) is 0 Å². The van der Waals surface area contributed by atoms with Gasteiger partial charge in [0, 0.05) is 0 Å². The van der Waals surface area contributed by atoms with Crippen molar-refractivity contribution in [3.8, 4) is 0 Å². The molecule has 116 valence electrons. The topological polar surface area (TPSA) is 101 Å². The van der Waals surface area contributed by atoms with E-state index in [0.717, 1.165) is 25.7 Å². The zero-order chi connectivity index (χ0) is 15.3. The fraction of sp³-hybridized carbons (Fsp3) is 0.643. The van der Waals surface area contributed by atoms with Gasteiger partial charge in [-0.25, -0.2) is 4.98 Å². The van der Waals surface area contributed by atoms with Gasteiger partial charge in [0.2, 0.25) is 0 Å². The number of nitrogens with one attached hydrogen (secondary N) is 1. The molecule has 0 spiro atoms.